The maximum atomic E-state index is 12.9. The molecule has 2 aromatic rings. The van der Waals surface area contributed by atoms with Crippen molar-refractivity contribution in [1.29, 1.82) is 0 Å². The van der Waals surface area contributed by atoms with Crippen molar-refractivity contribution >= 4 is 36.6 Å². The van der Waals surface area contributed by atoms with E-state index < -0.39 is 6.04 Å². The van der Waals surface area contributed by atoms with Crippen LogP contribution in [0.15, 0.2) is 54.9 Å². The van der Waals surface area contributed by atoms with Crippen LogP contribution >= 0.6 is 24.8 Å². The minimum Gasteiger partial charge on any atom is -0.340 e. The molecule has 1 aliphatic heterocycles. The Balaban J connectivity index is 0.00000182. The van der Waals surface area contributed by atoms with Crippen LogP contribution < -0.4 is 10.6 Å². The summed E-state index contributed by atoms with van der Waals surface area (Å²) in [6.45, 7) is 2.88. The molecule has 0 spiro atoms. The molecule has 0 radical (unpaired) electrons. The van der Waals surface area contributed by atoms with E-state index in [1.54, 1.807) is 18.3 Å². The van der Waals surface area contributed by atoms with Gasteiger partial charge in [0, 0.05) is 45.0 Å². The van der Waals surface area contributed by atoms with Crippen LogP contribution in [0.25, 0.3) is 0 Å². The van der Waals surface area contributed by atoms with Crippen molar-refractivity contribution < 1.29 is 9.59 Å². The van der Waals surface area contributed by atoms with E-state index in [-0.39, 0.29) is 36.6 Å². The highest BCUT2D eigenvalue weighted by Crippen LogP contribution is 2.08. The Labute approximate surface area is 171 Å². The second kappa shape index (κ2) is 11.5. The molecule has 1 fully saturated rings. The number of aromatic nitrogens is 1. The van der Waals surface area contributed by atoms with Gasteiger partial charge in [-0.05, 0) is 17.7 Å². The molecule has 2 heterocycles. The first-order valence-corrected chi connectivity index (χ1v) is 8.48. The number of hydrogen-bond acceptors (Lipinski definition) is 4. The van der Waals surface area contributed by atoms with Gasteiger partial charge in [-0.3, -0.25) is 14.6 Å². The van der Waals surface area contributed by atoms with Gasteiger partial charge in [0.2, 0.25) is 5.91 Å². The van der Waals surface area contributed by atoms with E-state index in [9.17, 15) is 9.59 Å². The van der Waals surface area contributed by atoms with Gasteiger partial charge in [-0.1, -0.05) is 30.3 Å². The number of nitrogens with one attached hydrogen (secondary N) is 2. The molecular weight excluding hydrogens is 387 g/mol. The van der Waals surface area contributed by atoms with Gasteiger partial charge in [-0.15, -0.1) is 24.8 Å². The molecule has 1 aromatic heterocycles. The molecule has 146 valence electrons. The first-order chi connectivity index (χ1) is 12.2. The Morgan fingerprint density at radius 3 is 2.41 bits per heavy atom. The summed E-state index contributed by atoms with van der Waals surface area (Å²) in [6, 6.07) is 12.5. The van der Waals surface area contributed by atoms with Crippen molar-refractivity contribution in [3.63, 3.8) is 0 Å². The summed E-state index contributed by atoms with van der Waals surface area (Å²) in [6.07, 6.45) is 3.59. The summed E-state index contributed by atoms with van der Waals surface area (Å²) in [7, 11) is 0. The monoisotopic (exact) mass is 410 g/mol. The second-order valence-electron chi connectivity index (χ2n) is 6.03. The molecule has 6 nitrogen and oxygen atoms in total. The normalized spacial score (nSPS) is 14.3. The lowest BCUT2D eigenvalue weighted by Gasteiger charge is -2.31. The van der Waals surface area contributed by atoms with E-state index in [1.807, 2.05) is 35.2 Å². The summed E-state index contributed by atoms with van der Waals surface area (Å²) >= 11 is 0. The van der Waals surface area contributed by atoms with E-state index in [4.69, 9.17) is 0 Å². The fourth-order valence-corrected chi connectivity index (χ4v) is 2.89. The summed E-state index contributed by atoms with van der Waals surface area (Å²) < 4.78 is 0. The number of pyridine rings is 1. The number of halogens is 2. The molecule has 2 N–H and O–H groups in total. The van der Waals surface area contributed by atoms with Gasteiger partial charge in [0.25, 0.3) is 5.91 Å². The highest BCUT2D eigenvalue weighted by Gasteiger charge is 2.27. The van der Waals surface area contributed by atoms with Crippen molar-refractivity contribution in [1.82, 2.24) is 20.5 Å². The van der Waals surface area contributed by atoms with E-state index in [1.165, 1.54) is 6.20 Å². The van der Waals surface area contributed by atoms with E-state index >= 15 is 0 Å². The van der Waals surface area contributed by atoms with Gasteiger partial charge in [0.15, 0.2) is 0 Å². The zero-order valence-electron chi connectivity index (χ0n) is 14.8. The molecule has 2 amide bonds. The van der Waals surface area contributed by atoms with Crippen LogP contribution in [-0.4, -0.2) is 53.9 Å². The number of piperazine rings is 1. The molecule has 3 rings (SSSR count). The highest BCUT2D eigenvalue weighted by molar-refractivity contribution is 5.97. The van der Waals surface area contributed by atoms with Gasteiger partial charge in [0.1, 0.15) is 6.04 Å². The molecule has 1 unspecified atom stereocenters. The zero-order chi connectivity index (χ0) is 17.5. The molecule has 1 saturated heterocycles. The van der Waals surface area contributed by atoms with Crippen molar-refractivity contribution in [2.24, 2.45) is 0 Å². The Hall–Kier alpha value is -2.15. The number of carbonyl (C=O) groups is 2. The standard InChI is InChI=1S/C19H22N4O2.2ClH/c24-18(16-7-4-8-21-14-16)22-17(13-15-5-2-1-3-6-15)19(25)23-11-9-20-10-12-23;;/h1-8,14,17,20H,9-13H2,(H,22,24);2*1H. The van der Waals surface area contributed by atoms with Gasteiger partial charge in [-0.2, -0.15) is 0 Å². The van der Waals surface area contributed by atoms with Crippen molar-refractivity contribution in [2.75, 3.05) is 26.2 Å². The molecule has 1 aromatic carbocycles. The summed E-state index contributed by atoms with van der Waals surface area (Å²) in [4.78, 5) is 31.2. The predicted octanol–water partition coefficient (Wildman–Crippen LogP) is 1.70. The second-order valence-corrected chi connectivity index (χ2v) is 6.03. The quantitative estimate of drug-likeness (QED) is 0.786. The maximum absolute atomic E-state index is 12.9. The topological polar surface area (TPSA) is 74.3 Å². The van der Waals surface area contributed by atoms with Crippen LogP contribution in [0.1, 0.15) is 15.9 Å². The third-order valence-electron chi connectivity index (χ3n) is 4.24. The lowest BCUT2D eigenvalue weighted by molar-refractivity contribution is -0.133. The molecular formula is C19H24Cl2N4O2. The molecule has 27 heavy (non-hydrogen) atoms. The number of amides is 2. The number of hydrogen-bond donors (Lipinski definition) is 2. The first kappa shape index (κ1) is 22.9. The number of carbonyl (C=O) groups excluding carboxylic acids is 2. The summed E-state index contributed by atoms with van der Waals surface area (Å²) in [5.74, 6) is -0.319. The van der Waals surface area contributed by atoms with Crippen LogP contribution in [0.2, 0.25) is 0 Å². The van der Waals surface area contributed by atoms with Crippen LogP contribution in [0, 0.1) is 0 Å². The average Bonchev–Trinajstić information content (AvgIpc) is 2.69. The van der Waals surface area contributed by atoms with Gasteiger partial charge in [0.05, 0.1) is 5.56 Å². The molecule has 0 bridgehead atoms. The third-order valence-corrected chi connectivity index (χ3v) is 4.24. The van der Waals surface area contributed by atoms with Crippen molar-refractivity contribution in [3.8, 4) is 0 Å². The maximum Gasteiger partial charge on any atom is 0.253 e. The molecule has 0 saturated carbocycles. The van der Waals surface area contributed by atoms with E-state index in [0.717, 1.165) is 18.7 Å². The summed E-state index contributed by atoms with van der Waals surface area (Å²) in [5.41, 5.74) is 1.47. The largest absolute Gasteiger partial charge is 0.340 e. The van der Waals surface area contributed by atoms with Crippen molar-refractivity contribution in [2.45, 2.75) is 12.5 Å². The Morgan fingerprint density at radius 2 is 1.78 bits per heavy atom. The third kappa shape index (κ3) is 6.50. The molecule has 0 aliphatic carbocycles. The van der Waals surface area contributed by atoms with Crippen LogP contribution in [0.3, 0.4) is 0 Å². The minimum atomic E-state index is -0.590. The fraction of sp³-hybridized carbons (Fsp3) is 0.316. The smallest absolute Gasteiger partial charge is 0.253 e. The lowest BCUT2D eigenvalue weighted by Crippen LogP contribution is -2.54. The first-order valence-electron chi connectivity index (χ1n) is 8.48. The Morgan fingerprint density at radius 1 is 1.07 bits per heavy atom. The fourth-order valence-electron chi connectivity index (χ4n) is 2.89. The minimum absolute atomic E-state index is 0. The van der Waals surface area contributed by atoms with Crippen LogP contribution in [-0.2, 0) is 11.2 Å². The highest BCUT2D eigenvalue weighted by atomic mass is 35.5. The Bertz CT molecular complexity index is 710. The van der Waals surface area contributed by atoms with E-state index in [2.05, 4.69) is 15.6 Å². The number of benzene rings is 1. The summed E-state index contributed by atoms with van der Waals surface area (Å²) in [5, 5.41) is 6.12. The van der Waals surface area contributed by atoms with Crippen LogP contribution in [0.4, 0.5) is 0 Å². The average molecular weight is 411 g/mol. The van der Waals surface area contributed by atoms with Crippen molar-refractivity contribution in [3.05, 3.63) is 66.0 Å². The number of nitrogens with zero attached hydrogens (tertiary/aromatic N) is 2. The Kier molecular flexibility index (Phi) is 9.78. The van der Waals surface area contributed by atoms with Gasteiger partial charge < -0.3 is 15.5 Å². The zero-order valence-corrected chi connectivity index (χ0v) is 16.5. The lowest BCUT2D eigenvalue weighted by atomic mass is 10.0. The molecule has 1 atom stereocenters. The van der Waals surface area contributed by atoms with Gasteiger partial charge >= 0.3 is 0 Å². The van der Waals surface area contributed by atoms with E-state index in [0.29, 0.717) is 25.1 Å². The molecule has 1 aliphatic rings. The number of rotatable bonds is 5. The van der Waals surface area contributed by atoms with Gasteiger partial charge in [-0.25, -0.2) is 0 Å². The predicted molar refractivity (Wildman–Crippen MR) is 110 cm³/mol. The SMILES string of the molecule is Cl.Cl.O=C(NC(Cc1ccccc1)C(=O)N1CCNCC1)c1cccnc1. The molecule has 8 heteroatoms. The van der Waals surface area contributed by atoms with Crippen LogP contribution in [0.5, 0.6) is 0 Å².